The second kappa shape index (κ2) is 5.84. The molecule has 17 heavy (non-hydrogen) atoms. The first-order valence-corrected chi connectivity index (χ1v) is 4.57. The van der Waals surface area contributed by atoms with Crippen molar-refractivity contribution in [3.8, 4) is 0 Å². The number of carbonyl (C=O) groups excluding carboxylic acids is 1. The maximum absolute atomic E-state index is 12.7. The summed E-state index contributed by atoms with van der Waals surface area (Å²) in [4.78, 5) is 11.5. The van der Waals surface area contributed by atoms with Crippen LogP contribution in [0, 0.1) is 5.82 Å². The van der Waals surface area contributed by atoms with E-state index >= 15 is 0 Å². The summed E-state index contributed by atoms with van der Waals surface area (Å²) >= 11 is 5.70. The van der Waals surface area contributed by atoms with E-state index in [0.717, 1.165) is 12.1 Å². The molecule has 0 saturated heterocycles. The maximum atomic E-state index is 12.7. The largest absolute Gasteiger partial charge is 2.00 e. The van der Waals surface area contributed by atoms with Crippen LogP contribution in [-0.2, 0) is 19.5 Å². The zero-order valence-corrected chi connectivity index (χ0v) is 12.2. The number of nitrogens with zero attached hydrogens (tertiary/aromatic N) is 4. The Morgan fingerprint density at radius 2 is 2.24 bits per heavy atom. The van der Waals surface area contributed by atoms with E-state index in [0.29, 0.717) is 0 Å². The molecule has 0 aliphatic carbocycles. The molecule has 2 rings (SSSR count). The Labute approximate surface area is 114 Å². The van der Waals surface area contributed by atoms with Crippen molar-refractivity contribution in [1.29, 1.82) is 0 Å². The fourth-order valence-electron chi connectivity index (χ4n) is 1.02. The van der Waals surface area contributed by atoms with E-state index in [-0.39, 0.29) is 35.9 Å². The molecule has 0 unspecified atom stereocenters. The quantitative estimate of drug-likeness (QED) is 0.796. The van der Waals surface area contributed by atoms with Crippen LogP contribution in [-0.4, -0.2) is 16.1 Å². The van der Waals surface area contributed by atoms with Crippen LogP contribution in [0.3, 0.4) is 0 Å². The number of hydrogen-bond acceptors (Lipinski definition) is 3. The minimum atomic E-state index is -0.626. The number of halogens is 2. The standard InChI is InChI=1S/C9H5ClFN4O.Zn/c10-6-3-5(11)1-2-7(6)13-9(16)8-4-12-15-14-8;/h1-4H,(H-,12,13,14,15,16);/q-1;+2/p-1. The van der Waals surface area contributed by atoms with Gasteiger partial charge in [0.25, 0.3) is 0 Å². The number of hydrogen-bond donors (Lipinski definition) is 0. The van der Waals surface area contributed by atoms with Crippen molar-refractivity contribution in [2.45, 2.75) is 0 Å². The average Bonchev–Trinajstić information content (AvgIpc) is 2.75. The SMILES string of the molecule is O=C([N-]c1ccc(F)cc1Cl)c1cn[n-]n1.[Zn+2]. The smallest absolute Gasteiger partial charge is 0.620 e. The molecule has 0 radical (unpaired) electrons. The van der Waals surface area contributed by atoms with Crippen molar-refractivity contribution in [3.63, 3.8) is 0 Å². The third kappa shape index (κ3) is 3.31. The molecule has 0 N–H and O–H groups in total. The monoisotopic (exact) mass is 302 g/mol. The van der Waals surface area contributed by atoms with Crippen molar-refractivity contribution in [1.82, 2.24) is 15.4 Å². The summed E-state index contributed by atoms with van der Waals surface area (Å²) < 4.78 is 12.7. The van der Waals surface area contributed by atoms with Crippen LogP contribution in [0.25, 0.3) is 5.32 Å². The maximum Gasteiger partial charge on any atom is 2.00 e. The van der Waals surface area contributed by atoms with E-state index in [1.165, 1.54) is 12.3 Å². The number of aromatic nitrogens is 3. The molecule has 8 heteroatoms. The number of rotatable bonds is 2. The molecule has 1 aromatic carbocycles. The van der Waals surface area contributed by atoms with Crippen LogP contribution in [0.15, 0.2) is 24.4 Å². The van der Waals surface area contributed by atoms with E-state index in [9.17, 15) is 9.18 Å². The normalized spacial score (nSPS) is 9.53. The molecule has 5 nitrogen and oxygen atoms in total. The molecule has 2 aromatic rings. The van der Waals surface area contributed by atoms with Gasteiger partial charge >= 0.3 is 19.5 Å². The van der Waals surface area contributed by atoms with Gasteiger partial charge in [-0.3, -0.25) is 0 Å². The van der Waals surface area contributed by atoms with Gasteiger partial charge in [0, 0.05) is 11.2 Å². The summed E-state index contributed by atoms with van der Waals surface area (Å²) in [6.07, 6.45) is 1.18. The Bertz CT molecular complexity index is 520. The van der Waals surface area contributed by atoms with Crippen LogP contribution in [0.4, 0.5) is 10.1 Å². The van der Waals surface area contributed by atoms with E-state index in [1.54, 1.807) is 0 Å². The van der Waals surface area contributed by atoms with Crippen LogP contribution in [0.2, 0.25) is 5.02 Å². The average molecular weight is 304 g/mol. The van der Waals surface area contributed by atoms with Crippen molar-refractivity contribution in [2.75, 3.05) is 0 Å². The Morgan fingerprint density at radius 3 is 2.82 bits per heavy atom. The van der Waals surface area contributed by atoms with Crippen LogP contribution < -0.4 is 5.21 Å². The molecule has 1 amide bonds. The molecule has 0 atom stereocenters. The molecule has 0 spiro atoms. The fourth-order valence-corrected chi connectivity index (χ4v) is 1.23. The van der Waals surface area contributed by atoms with Gasteiger partial charge < -0.3 is 25.5 Å². The molecular weight excluding hydrogens is 300 g/mol. The van der Waals surface area contributed by atoms with E-state index < -0.39 is 11.7 Å². The summed E-state index contributed by atoms with van der Waals surface area (Å²) in [5.74, 6) is -1.12. The molecule has 0 saturated carbocycles. The van der Waals surface area contributed by atoms with Gasteiger partial charge in [0.2, 0.25) is 0 Å². The van der Waals surface area contributed by atoms with Gasteiger partial charge in [-0.25, -0.2) is 4.39 Å². The molecule has 82 valence electrons. The van der Waals surface area contributed by atoms with Crippen molar-refractivity contribution < 1.29 is 28.7 Å². The van der Waals surface area contributed by atoms with Crippen molar-refractivity contribution >= 4 is 23.2 Å². The first kappa shape index (κ1) is 13.7. The summed E-state index contributed by atoms with van der Waals surface area (Å²) in [5, 5.41) is 13.8. The van der Waals surface area contributed by atoms with Crippen LogP contribution in [0.5, 0.6) is 0 Å². The third-order valence-electron chi connectivity index (χ3n) is 1.73. The second-order valence-corrected chi connectivity index (χ2v) is 3.24. The molecule has 0 bridgehead atoms. The van der Waals surface area contributed by atoms with Crippen LogP contribution in [0.1, 0.15) is 10.5 Å². The summed E-state index contributed by atoms with van der Waals surface area (Å²) in [7, 11) is 0. The molecule has 1 heterocycles. The van der Waals surface area contributed by atoms with E-state index in [2.05, 4.69) is 20.7 Å². The zero-order chi connectivity index (χ0) is 11.5. The molecule has 0 aliphatic heterocycles. The van der Waals surface area contributed by atoms with Crippen molar-refractivity contribution in [2.24, 2.45) is 0 Å². The fraction of sp³-hybridized carbons (Fsp3) is 0. The molecule has 0 fully saturated rings. The van der Waals surface area contributed by atoms with Gasteiger partial charge in [-0.2, -0.15) is 0 Å². The summed E-state index contributed by atoms with van der Waals surface area (Å²) in [6, 6.07) is 3.54. The van der Waals surface area contributed by atoms with Gasteiger partial charge in [0.1, 0.15) is 11.7 Å². The predicted octanol–water partition coefficient (Wildman–Crippen LogP) is 2.07. The van der Waals surface area contributed by atoms with Gasteiger partial charge in [-0.05, 0) is 12.1 Å². The minimum absolute atomic E-state index is 0. The first-order valence-electron chi connectivity index (χ1n) is 4.19. The molecular formula is C9H4ClFN4OZn. The number of amides is 1. The second-order valence-electron chi connectivity index (χ2n) is 2.83. The molecule has 0 aliphatic rings. The van der Waals surface area contributed by atoms with Gasteiger partial charge in [-0.1, -0.05) is 17.7 Å². The number of benzene rings is 1. The van der Waals surface area contributed by atoms with E-state index in [4.69, 9.17) is 11.6 Å². The van der Waals surface area contributed by atoms with Crippen LogP contribution >= 0.6 is 11.6 Å². The third-order valence-corrected chi connectivity index (χ3v) is 2.04. The minimum Gasteiger partial charge on any atom is -0.620 e. The Kier molecular flexibility index (Phi) is 4.72. The Hall–Kier alpha value is -1.33. The predicted molar refractivity (Wildman–Crippen MR) is 54.1 cm³/mol. The number of carbonyl (C=O) groups is 1. The van der Waals surface area contributed by atoms with E-state index in [1.807, 2.05) is 0 Å². The van der Waals surface area contributed by atoms with Gasteiger partial charge in [0.15, 0.2) is 0 Å². The molecule has 1 aromatic heterocycles. The summed E-state index contributed by atoms with van der Waals surface area (Å²) in [5.41, 5.74) is 0.191. The topological polar surface area (TPSA) is 71.1 Å². The Morgan fingerprint density at radius 1 is 1.47 bits per heavy atom. The van der Waals surface area contributed by atoms with Gasteiger partial charge in [-0.15, -0.1) is 5.69 Å². The first-order chi connectivity index (χ1) is 7.66. The Balaban J connectivity index is 0.00000144. The van der Waals surface area contributed by atoms with Gasteiger partial charge in [0.05, 0.1) is 5.69 Å². The summed E-state index contributed by atoms with van der Waals surface area (Å²) in [6.45, 7) is 0. The van der Waals surface area contributed by atoms with Crippen molar-refractivity contribution in [3.05, 3.63) is 46.2 Å². The zero-order valence-electron chi connectivity index (χ0n) is 8.47.